The molecule has 37 heavy (non-hydrogen) atoms. The Kier molecular flexibility index (Phi) is 5.67. The van der Waals surface area contributed by atoms with Crippen LogP contribution in [0.4, 0.5) is 0 Å². The first kappa shape index (κ1) is 22.2. The maximum atomic E-state index is 12.1. The number of hydrogen-bond acceptors (Lipinski definition) is 14. The fraction of sp³-hybridized carbons (Fsp3) is 0.130. The summed E-state index contributed by atoms with van der Waals surface area (Å²) in [6.45, 7) is 0.0879. The van der Waals surface area contributed by atoms with Gasteiger partial charge in [0.2, 0.25) is 5.76 Å². The van der Waals surface area contributed by atoms with Gasteiger partial charge in [-0.3, -0.25) is 14.6 Å². The van der Waals surface area contributed by atoms with Crippen molar-refractivity contribution in [1.29, 1.82) is 0 Å². The topological polar surface area (TPSA) is 166 Å². The molecule has 14 nitrogen and oxygen atoms in total. The van der Waals surface area contributed by atoms with E-state index in [-0.39, 0.29) is 40.6 Å². The summed E-state index contributed by atoms with van der Waals surface area (Å²) in [5, 5.41) is 20.6. The van der Waals surface area contributed by atoms with Gasteiger partial charge in [0, 0.05) is 18.3 Å². The third-order valence-corrected chi connectivity index (χ3v) is 5.35. The van der Waals surface area contributed by atoms with Crippen LogP contribution in [0.25, 0.3) is 17.0 Å². The van der Waals surface area contributed by atoms with Crippen LogP contribution in [-0.4, -0.2) is 43.6 Å². The van der Waals surface area contributed by atoms with Crippen molar-refractivity contribution < 1.29 is 28.4 Å². The molecule has 3 aromatic rings. The van der Waals surface area contributed by atoms with Gasteiger partial charge >= 0.3 is 5.79 Å². The van der Waals surface area contributed by atoms with Gasteiger partial charge in [0.05, 0.1) is 42.7 Å². The zero-order valence-corrected chi connectivity index (χ0v) is 18.7. The van der Waals surface area contributed by atoms with Crippen LogP contribution in [0.2, 0.25) is 0 Å². The Balaban J connectivity index is 1.65. The number of aliphatic imine (C=N–C) groups is 1. The number of ether oxygens (including phenoxy) is 3. The highest BCUT2D eigenvalue weighted by molar-refractivity contribution is 5.75. The van der Waals surface area contributed by atoms with Crippen LogP contribution in [-0.2, 0) is 29.8 Å². The van der Waals surface area contributed by atoms with Crippen LogP contribution in [0.3, 0.4) is 0 Å². The van der Waals surface area contributed by atoms with Crippen LogP contribution in [0.15, 0.2) is 87.8 Å². The van der Waals surface area contributed by atoms with Gasteiger partial charge in [-0.15, -0.1) is 15.3 Å². The van der Waals surface area contributed by atoms with E-state index < -0.39 is 11.8 Å². The lowest BCUT2D eigenvalue weighted by Crippen LogP contribution is -2.40. The summed E-state index contributed by atoms with van der Waals surface area (Å²) >= 11 is 0. The van der Waals surface area contributed by atoms with E-state index in [0.717, 1.165) is 0 Å². The van der Waals surface area contributed by atoms with Crippen LogP contribution in [0.1, 0.15) is 23.2 Å². The van der Waals surface area contributed by atoms with Crippen molar-refractivity contribution in [2.24, 2.45) is 4.99 Å². The van der Waals surface area contributed by atoms with E-state index in [1.54, 1.807) is 12.2 Å². The summed E-state index contributed by atoms with van der Waals surface area (Å²) in [6, 6.07) is 1.94. The van der Waals surface area contributed by atoms with E-state index in [2.05, 4.69) is 35.6 Å². The Labute approximate surface area is 207 Å². The largest absolute Gasteiger partial charge is 0.464 e. The molecule has 3 aromatic heterocycles. The summed E-state index contributed by atoms with van der Waals surface area (Å²) in [4.78, 5) is 31.5. The fourth-order valence-electron chi connectivity index (χ4n) is 3.80. The van der Waals surface area contributed by atoms with Gasteiger partial charge in [0.15, 0.2) is 23.3 Å². The second-order valence-corrected chi connectivity index (χ2v) is 7.50. The van der Waals surface area contributed by atoms with Crippen molar-refractivity contribution in [1.82, 2.24) is 30.6 Å². The van der Waals surface area contributed by atoms with E-state index in [9.17, 15) is 4.79 Å². The maximum absolute atomic E-state index is 12.1. The third-order valence-electron chi connectivity index (χ3n) is 5.35. The van der Waals surface area contributed by atoms with Gasteiger partial charge < -0.3 is 18.6 Å². The Morgan fingerprint density at radius 3 is 2.84 bits per heavy atom. The molecule has 14 heteroatoms. The molecule has 0 spiro atoms. The molecule has 2 atom stereocenters. The molecular weight excluding hydrogens is 486 g/mol. The van der Waals surface area contributed by atoms with E-state index in [1.807, 2.05) is 0 Å². The van der Waals surface area contributed by atoms with Crippen LogP contribution >= 0.6 is 0 Å². The minimum atomic E-state index is -1.90. The van der Waals surface area contributed by atoms with Gasteiger partial charge in [-0.25, -0.2) is 9.98 Å². The number of allylic oxidation sites excluding steroid dienone is 2. The molecular formula is C23H15N7O7. The van der Waals surface area contributed by atoms with Crippen molar-refractivity contribution >= 4 is 12.0 Å². The molecule has 3 aliphatic rings. The Bertz CT molecular complexity index is 1520. The quantitative estimate of drug-likeness (QED) is 0.465. The van der Waals surface area contributed by atoms with E-state index in [4.69, 9.17) is 28.4 Å². The smallest absolute Gasteiger partial charge is 0.322 e. The van der Waals surface area contributed by atoms with Crippen LogP contribution < -0.4 is 5.43 Å². The van der Waals surface area contributed by atoms with E-state index in [1.165, 1.54) is 62.1 Å². The minimum absolute atomic E-state index is 0.0312. The SMILES string of the molecule is O=c1ccoc(C2=C(C3(c4nnnc(C5C=COC=N5)c4-c4nccnn4)OC=CCO3)OOC=C2)c1. The highest BCUT2D eigenvalue weighted by Gasteiger charge is 2.52. The number of hydrogen-bond donors (Lipinski definition) is 0. The zero-order chi connectivity index (χ0) is 25.1. The molecule has 2 unspecified atom stereocenters. The summed E-state index contributed by atoms with van der Waals surface area (Å²) in [7, 11) is 0. The second kappa shape index (κ2) is 9.43. The minimum Gasteiger partial charge on any atom is -0.464 e. The molecule has 0 saturated heterocycles. The molecule has 6 rings (SSSR count). The fourth-order valence-corrected chi connectivity index (χ4v) is 3.80. The molecule has 3 aliphatic heterocycles. The molecule has 0 radical (unpaired) electrons. The van der Waals surface area contributed by atoms with Crippen molar-refractivity contribution in [2.75, 3.05) is 6.61 Å². The molecule has 0 aliphatic carbocycles. The average molecular weight is 501 g/mol. The maximum Gasteiger partial charge on any atom is 0.322 e. The number of nitrogens with zero attached hydrogens (tertiary/aromatic N) is 7. The Hall–Kier alpha value is -5.24. The van der Waals surface area contributed by atoms with Gasteiger partial charge in [0.1, 0.15) is 23.8 Å². The standard InChI is InChI=1S/C23H15N7O7/c31-14-2-10-33-17(12-14)15-3-11-36-37-21(15)23(34-7-1-8-35-23)20-18(22-24-5-6-26-29-22)19(27-30-28-20)16-4-9-32-13-25-16/h1-7,9-13,16H,8H2. The number of rotatable bonds is 5. The Morgan fingerprint density at radius 1 is 1.08 bits per heavy atom. The molecule has 0 N–H and O–H groups in total. The van der Waals surface area contributed by atoms with Crippen molar-refractivity contribution in [2.45, 2.75) is 11.8 Å². The van der Waals surface area contributed by atoms with Gasteiger partial charge in [0.25, 0.3) is 0 Å². The first-order chi connectivity index (χ1) is 18.3. The highest BCUT2D eigenvalue weighted by atomic mass is 17.2. The van der Waals surface area contributed by atoms with Crippen LogP contribution in [0.5, 0.6) is 0 Å². The van der Waals surface area contributed by atoms with E-state index >= 15 is 0 Å². The zero-order valence-electron chi connectivity index (χ0n) is 18.7. The molecule has 0 aromatic carbocycles. The normalized spacial score (nSPS) is 22.1. The summed E-state index contributed by atoms with van der Waals surface area (Å²) < 4.78 is 22.9. The summed E-state index contributed by atoms with van der Waals surface area (Å²) in [6.07, 6.45) is 14.4. The number of aromatic nitrogens is 6. The molecule has 184 valence electrons. The Morgan fingerprint density at radius 2 is 2.05 bits per heavy atom. The van der Waals surface area contributed by atoms with Crippen molar-refractivity contribution in [3.63, 3.8) is 0 Å². The lowest BCUT2D eigenvalue weighted by molar-refractivity contribution is -0.293. The first-order valence-electron chi connectivity index (χ1n) is 10.8. The van der Waals surface area contributed by atoms with Crippen molar-refractivity contribution in [3.05, 3.63) is 101 Å². The van der Waals surface area contributed by atoms with Crippen LogP contribution in [0, 0.1) is 0 Å². The predicted molar refractivity (Wildman–Crippen MR) is 121 cm³/mol. The molecule has 0 saturated carbocycles. The third kappa shape index (κ3) is 4.00. The summed E-state index contributed by atoms with van der Waals surface area (Å²) in [5.41, 5.74) is 0.658. The average Bonchev–Trinajstić information content (AvgIpc) is 2.98. The molecule has 0 bridgehead atoms. The lowest BCUT2D eigenvalue weighted by Gasteiger charge is -2.36. The highest BCUT2D eigenvalue weighted by Crippen LogP contribution is 2.46. The first-order valence-corrected chi connectivity index (χ1v) is 10.8. The van der Waals surface area contributed by atoms with Gasteiger partial charge in [-0.2, -0.15) is 5.10 Å². The van der Waals surface area contributed by atoms with Gasteiger partial charge in [-0.05, 0) is 23.4 Å². The predicted octanol–water partition coefficient (Wildman–Crippen LogP) is 1.89. The van der Waals surface area contributed by atoms with E-state index in [0.29, 0.717) is 11.3 Å². The molecule has 0 fully saturated rings. The monoisotopic (exact) mass is 501 g/mol. The summed E-state index contributed by atoms with van der Waals surface area (Å²) in [5.74, 6) is -1.62. The van der Waals surface area contributed by atoms with Crippen molar-refractivity contribution in [3.8, 4) is 11.4 Å². The molecule has 6 heterocycles. The lowest BCUT2D eigenvalue weighted by atomic mass is 9.95. The van der Waals surface area contributed by atoms with Gasteiger partial charge in [-0.1, -0.05) is 0 Å². The molecule has 0 amide bonds. The second-order valence-electron chi connectivity index (χ2n) is 7.50.